The van der Waals surface area contributed by atoms with Gasteiger partial charge in [-0.3, -0.25) is 0 Å². The molecule has 0 aromatic rings. The Bertz CT molecular complexity index is 202. The molecule has 14 heavy (non-hydrogen) atoms. The normalized spacial score (nSPS) is 21.9. The van der Waals surface area contributed by atoms with E-state index in [-0.39, 0.29) is 5.41 Å². The van der Waals surface area contributed by atoms with Crippen LogP contribution in [-0.4, -0.2) is 28.1 Å². The minimum Gasteiger partial charge on any atom is -0.416 e. The first-order chi connectivity index (χ1) is 6.16. The molecular formula is C11H24O2Si. The second kappa shape index (κ2) is 3.61. The molecule has 1 rings (SSSR count). The summed E-state index contributed by atoms with van der Waals surface area (Å²) >= 11 is 0. The van der Waals surface area contributed by atoms with Crippen molar-refractivity contribution in [3.05, 3.63) is 0 Å². The van der Waals surface area contributed by atoms with Crippen molar-refractivity contribution in [2.24, 2.45) is 5.41 Å². The summed E-state index contributed by atoms with van der Waals surface area (Å²) in [5, 5.41) is 0.313. The van der Waals surface area contributed by atoms with Crippen molar-refractivity contribution in [2.45, 2.75) is 45.8 Å². The van der Waals surface area contributed by atoms with E-state index in [1.165, 1.54) is 0 Å². The third-order valence-corrected chi connectivity index (χ3v) is 7.97. The first-order valence-corrected chi connectivity index (χ1v) is 8.29. The van der Waals surface area contributed by atoms with E-state index in [4.69, 9.17) is 9.16 Å². The Morgan fingerprint density at radius 3 is 2.07 bits per heavy atom. The molecule has 0 aromatic carbocycles. The van der Waals surface area contributed by atoms with E-state index in [1.807, 2.05) is 0 Å². The van der Waals surface area contributed by atoms with Gasteiger partial charge in [0.15, 0.2) is 8.32 Å². The summed E-state index contributed by atoms with van der Waals surface area (Å²) in [6.07, 6.45) is 0. The maximum atomic E-state index is 6.16. The molecule has 0 amide bonds. The number of hydrogen-bond acceptors (Lipinski definition) is 2. The van der Waals surface area contributed by atoms with Gasteiger partial charge in [-0.25, -0.2) is 0 Å². The molecule has 0 atom stereocenters. The van der Waals surface area contributed by atoms with Crippen molar-refractivity contribution in [3.8, 4) is 0 Å². The van der Waals surface area contributed by atoms with Crippen LogP contribution in [-0.2, 0) is 9.16 Å². The lowest BCUT2D eigenvalue weighted by atomic mass is 9.90. The van der Waals surface area contributed by atoms with Crippen molar-refractivity contribution in [2.75, 3.05) is 19.8 Å². The zero-order chi connectivity index (χ0) is 11.0. The maximum absolute atomic E-state index is 6.16. The fraction of sp³-hybridized carbons (Fsp3) is 1.00. The van der Waals surface area contributed by atoms with Crippen LogP contribution in [0.1, 0.15) is 27.7 Å². The van der Waals surface area contributed by atoms with Gasteiger partial charge >= 0.3 is 0 Å². The summed E-state index contributed by atoms with van der Waals surface area (Å²) in [5.74, 6) is 0. The molecule has 1 aliphatic rings. The van der Waals surface area contributed by atoms with Crippen LogP contribution in [0.4, 0.5) is 0 Å². The van der Waals surface area contributed by atoms with Gasteiger partial charge in [0, 0.05) is 12.0 Å². The first kappa shape index (κ1) is 12.2. The second-order valence-electron chi connectivity index (χ2n) is 6.35. The minimum absolute atomic E-state index is 0.287. The molecule has 0 unspecified atom stereocenters. The molecule has 0 aliphatic carbocycles. The zero-order valence-corrected chi connectivity index (χ0v) is 11.4. The Hall–Kier alpha value is 0.137. The maximum Gasteiger partial charge on any atom is 0.192 e. The Morgan fingerprint density at radius 1 is 1.29 bits per heavy atom. The van der Waals surface area contributed by atoms with Crippen LogP contribution in [0.25, 0.3) is 0 Å². The number of ether oxygens (including phenoxy) is 1. The SMILES string of the molecule is CC1(CO[Si](C)(C)C(C)(C)C)COC1. The Balaban J connectivity index is 2.44. The summed E-state index contributed by atoms with van der Waals surface area (Å²) in [7, 11) is -1.55. The van der Waals surface area contributed by atoms with Gasteiger partial charge in [-0.15, -0.1) is 0 Å². The van der Waals surface area contributed by atoms with Crippen LogP contribution in [0.5, 0.6) is 0 Å². The molecule has 0 radical (unpaired) electrons. The highest BCUT2D eigenvalue weighted by atomic mass is 28.4. The molecule has 0 bridgehead atoms. The highest BCUT2D eigenvalue weighted by molar-refractivity contribution is 6.74. The smallest absolute Gasteiger partial charge is 0.192 e. The third kappa shape index (κ3) is 2.58. The van der Waals surface area contributed by atoms with E-state index >= 15 is 0 Å². The van der Waals surface area contributed by atoms with Gasteiger partial charge in [-0.2, -0.15) is 0 Å². The molecule has 1 aliphatic heterocycles. The van der Waals surface area contributed by atoms with Gasteiger partial charge < -0.3 is 9.16 Å². The van der Waals surface area contributed by atoms with E-state index < -0.39 is 8.32 Å². The van der Waals surface area contributed by atoms with E-state index in [1.54, 1.807) is 0 Å². The molecule has 0 saturated carbocycles. The quantitative estimate of drug-likeness (QED) is 0.675. The second-order valence-corrected chi connectivity index (χ2v) is 11.2. The molecule has 0 spiro atoms. The molecule has 1 saturated heterocycles. The van der Waals surface area contributed by atoms with Gasteiger partial charge in [-0.05, 0) is 18.1 Å². The number of rotatable bonds is 3. The topological polar surface area (TPSA) is 18.5 Å². The largest absolute Gasteiger partial charge is 0.416 e. The standard InChI is InChI=1S/C11H24O2Si/c1-10(2,3)14(5,6)13-9-11(4)7-12-8-11/h7-9H2,1-6H3. The summed E-state index contributed by atoms with van der Waals surface area (Å²) in [6, 6.07) is 0. The summed E-state index contributed by atoms with van der Waals surface area (Å²) < 4.78 is 11.4. The highest BCUT2D eigenvalue weighted by Crippen LogP contribution is 2.38. The lowest BCUT2D eigenvalue weighted by Gasteiger charge is -2.43. The van der Waals surface area contributed by atoms with Gasteiger partial charge in [0.25, 0.3) is 0 Å². The van der Waals surface area contributed by atoms with Crippen molar-refractivity contribution in [1.29, 1.82) is 0 Å². The van der Waals surface area contributed by atoms with Gasteiger partial charge in [0.2, 0.25) is 0 Å². The fourth-order valence-corrected chi connectivity index (χ4v) is 2.25. The Morgan fingerprint density at radius 2 is 1.79 bits per heavy atom. The van der Waals surface area contributed by atoms with Gasteiger partial charge in [-0.1, -0.05) is 27.7 Å². The summed E-state index contributed by atoms with van der Waals surface area (Å²) in [5.41, 5.74) is 0.287. The van der Waals surface area contributed by atoms with Gasteiger partial charge in [0.05, 0.1) is 13.2 Å². The van der Waals surface area contributed by atoms with E-state index in [0.29, 0.717) is 5.04 Å². The van der Waals surface area contributed by atoms with Crippen LogP contribution >= 0.6 is 0 Å². The van der Waals surface area contributed by atoms with Crippen LogP contribution in [0, 0.1) is 5.41 Å². The zero-order valence-electron chi connectivity index (χ0n) is 10.4. The number of hydrogen-bond donors (Lipinski definition) is 0. The molecule has 0 aromatic heterocycles. The van der Waals surface area contributed by atoms with E-state index in [9.17, 15) is 0 Å². The summed E-state index contributed by atoms with van der Waals surface area (Å²) in [4.78, 5) is 0. The molecule has 1 fully saturated rings. The lowest BCUT2D eigenvalue weighted by molar-refractivity contribution is -0.122. The van der Waals surface area contributed by atoms with Crippen LogP contribution in [0.15, 0.2) is 0 Å². The van der Waals surface area contributed by atoms with Crippen molar-refractivity contribution in [3.63, 3.8) is 0 Å². The fourth-order valence-electron chi connectivity index (χ4n) is 1.11. The van der Waals surface area contributed by atoms with Crippen LogP contribution in [0.3, 0.4) is 0 Å². The first-order valence-electron chi connectivity index (χ1n) is 5.38. The van der Waals surface area contributed by atoms with Crippen molar-refractivity contribution >= 4 is 8.32 Å². The molecule has 3 heteroatoms. The third-order valence-electron chi connectivity index (χ3n) is 3.49. The van der Waals surface area contributed by atoms with Gasteiger partial charge in [0.1, 0.15) is 0 Å². The Kier molecular flexibility index (Phi) is 3.15. The van der Waals surface area contributed by atoms with Crippen LogP contribution < -0.4 is 0 Å². The average Bonchev–Trinajstić information content (AvgIpc) is 1.95. The average molecular weight is 216 g/mol. The molecule has 0 N–H and O–H groups in total. The van der Waals surface area contributed by atoms with E-state index in [2.05, 4.69) is 40.8 Å². The molecular weight excluding hydrogens is 192 g/mol. The van der Waals surface area contributed by atoms with Crippen molar-refractivity contribution < 1.29 is 9.16 Å². The van der Waals surface area contributed by atoms with Crippen LogP contribution in [0.2, 0.25) is 18.1 Å². The molecule has 2 nitrogen and oxygen atoms in total. The highest BCUT2D eigenvalue weighted by Gasteiger charge is 2.41. The molecule has 1 heterocycles. The summed E-state index contributed by atoms with van der Waals surface area (Å²) in [6.45, 7) is 16.3. The molecule has 84 valence electrons. The van der Waals surface area contributed by atoms with Crippen molar-refractivity contribution in [1.82, 2.24) is 0 Å². The minimum atomic E-state index is -1.55. The lowest BCUT2D eigenvalue weighted by Crippen LogP contribution is -2.49. The Labute approximate surface area is 89.1 Å². The predicted molar refractivity (Wildman–Crippen MR) is 62.1 cm³/mol. The predicted octanol–water partition coefficient (Wildman–Crippen LogP) is 3.04. The monoisotopic (exact) mass is 216 g/mol. The van der Waals surface area contributed by atoms with E-state index in [0.717, 1.165) is 19.8 Å².